The maximum absolute atomic E-state index is 13.3. The van der Waals surface area contributed by atoms with Gasteiger partial charge < -0.3 is 9.80 Å². The van der Waals surface area contributed by atoms with Gasteiger partial charge in [-0.2, -0.15) is 4.31 Å². The number of carbonyl (C=O) groups is 1. The number of carbonyl (C=O) groups excluding carboxylic acids is 1. The van der Waals surface area contributed by atoms with Crippen LogP contribution in [0.25, 0.3) is 0 Å². The van der Waals surface area contributed by atoms with Gasteiger partial charge in [-0.15, -0.1) is 11.3 Å². The second kappa shape index (κ2) is 7.07. The SMILES string of the molecule is CC(C)CN1CC2(CCN(S(=O)(=O)c3cccs3)CC2)C2(CCN(C)C2=O)C1. The number of hydrogen-bond donors (Lipinski definition) is 0. The average molecular weight is 426 g/mol. The Kier molecular flexibility index (Phi) is 5.13. The van der Waals surface area contributed by atoms with E-state index in [0.717, 1.165) is 45.4 Å². The topological polar surface area (TPSA) is 60.9 Å². The molecule has 6 nitrogen and oxygen atoms in total. The van der Waals surface area contributed by atoms with Crippen molar-refractivity contribution in [2.75, 3.05) is 46.3 Å². The van der Waals surface area contributed by atoms with E-state index in [4.69, 9.17) is 0 Å². The lowest BCUT2D eigenvalue weighted by Crippen LogP contribution is -2.53. The normalized spacial score (nSPS) is 29.0. The number of likely N-dealkylation sites (tertiary alicyclic amines) is 2. The van der Waals surface area contributed by atoms with Crippen LogP contribution in [0.15, 0.2) is 21.7 Å². The van der Waals surface area contributed by atoms with Crippen LogP contribution in [0.3, 0.4) is 0 Å². The number of nitrogens with zero attached hydrogens (tertiary/aromatic N) is 3. The number of hydrogen-bond acceptors (Lipinski definition) is 5. The quantitative estimate of drug-likeness (QED) is 0.743. The van der Waals surface area contributed by atoms with Crippen molar-refractivity contribution in [1.82, 2.24) is 14.1 Å². The Labute approximate surface area is 172 Å². The molecule has 3 saturated heterocycles. The summed E-state index contributed by atoms with van der Waals surface area (Å²) in [6.45, 7) is 9.00. The number of piperidine rings is 1. The fraction of sp³-hybridized carbons (Fsp3) is 0.750. The fourth-order valence-electron chi connectivity index (χ4n) is 5.73. The van der Waals surface area contributed by atoms with E-state index < -0.39 is 10.0 Å². The molecule has 28 heavy (non-hydrogen) atoms. The number of thiophene rings is 1. The Balaban J connectivity index is 1.59. The molecule has 3 aliphatic heterocycles. The Morgan fingerprint density at radius 3 is 2.39 bits per heavy atom. The molecule has 2 spiro atoms. The summed E-state index contributed by atoms with van der Waals surface area (Å²) >= 11 is 1.28. The molecule has 3 aliphatic rings. The van der Waals surface area contributed by atoms with E-state index in [1.807, 2.05) is 11.9 Å². The minimum absolute atomic E-state index is 0.106. The first-order valence-corrected chi connectivity index (χ1v) is 12.5. The van der Waals surface area contributed by atoms with E-state index in [1.54, 1.807) is 21.8 Å². The molecule has 1 aromatic heterocycles. The molecule has 4 rings (SSSR count). The summed E-state index contributed by atoms with van der Waals surface area (Å²) in [5, 5.41) is 1.81. The summed E-state index contributed by atoms with van der Waals surface area (Å²) in [5.74, 6) is 0.828. The second-order valence-corrected chi connectivity index (χ2v) is 12.4. The number of rotatable bonds is 4. The molecule has 0 bridgehead atoms. The molecule has 0 N–H and O–H groups in total. The van der Waals surface area contributed by atoms with Crippen LogP contribution in [0, 0.1) is 16.7 Å². The summed E-state index contributed by atoms with van der Waals surface area (Å²) < 4.78 is 27.9. The minimum Gasteiger partial charge on any atom is -0.345 e. The van der Waals surface area contributed by atoms with Crippen LogP contribution >= 0.6 is 11.3 Å². The van der Waals surface area contributed by atoms with Crippen molar-refractivity contribution in [2.24, 2.45) is 16.7 Å². The van der Waals surface area contributed by atoms with Crippen molar-refractivity contribution in [1.29, 1.82) is 0 Å². The van der Waals surface area contributed by atoms with Gasteiger partial charge in [0.15, 0.2) is 0 Å². The standard InChI is InChI=1S/C20H31N3O3S2/c1-16(2)13-22-14-19(20(15-22)8-9-21(3)18(20)24)6-10-23(11-7-19)28(25,26)17-5-4-12-27-17/h4-5,12,16H,6-11,13-15H2,1-3H3. The van der Waals surface area contributed by atoms with Crippen molar-refractivity contribution < 1.29 is 13.2 Å². The highest BCUT2D eigenvalue weighted by atomic mass is 32.2. The molecule has 1 aromatic rings. The van der Waals surface area contributed by atoms with Crippen molar-refractivity contribution in [3.63, 3.8) is 0 Å². The molecule has 0 radical (unpaired) electrons. The number of amides is 1. The van der Waals surface area contributed by atoms with Gasteiger partial charge in [-0.05, 0) is 36.6 Å². The third kappa shape index (κ3) is 3.04. The van der Waals surface area contributed by atoms with Crippen LogP contribution in [-0.4, -0.2) is 74.7 Å². The molecule has 4 heterocycles. The minimum atomic E-state index is -3.41. The molecular formula is C20H31N3O3S2. The van der Waals surface area contributed by atoms with Gasteiger partial charge in [0.2, 0.25) is 5.91 Å². The number of sulfonamides is 1. The maximum atomic E-state index is 13.3. The monoisotopic (exact) mass is 425 g/mol. The van der Waals surface area contributed by atoms with Crippen molar-refractivity contribution in [2.45, 2.75) is 37.3 Å². The van der Waals surface area contributed by atoms with Gasteiger partial charge in [0, 0.05) is 51.7 Å². The van der Waals surface area contributed by atoms with Crippen LogP contribution in [0.4, 0.5) is 0 Å². The van der Waals surface area contributed by atoms with Gasteiger partial charge in [-0.25, -0.2) is 8.42 Å². The first-order valence-electron chi connectivity index (χ1n) is 10.2. The Morgan fingerprint density at radius 2 is 1.86 bits per heavy atom. The summed E-state index contributed by atoms with van der Waals surface area (Å²) in [6.07, 6.45) is 2.44. The summed E-state index contributed by atoms with van der Waals surface area (Å²) in [6, 6.07) is 3.47. The van der Waals surface area contributed by atoms with Gasteiger partial charge in [0.25, 0.3) is 10.0 Å². The molecule has 3 fully saturated rings. The number of fused-ring (bicyclic) bond motifs is 1. The zero-order valence-corrected chi connectivity index (χ0v) is 18.7. The molecule has 0 aliphatic carbocycles. The average Bonchev–Trinajstić information content (AvgIpc) is 3.33. The lowest BCUT2D eigenvalue weighted by Gasteiger charge is -2.46. The lowest BCUT2D eigenvalue weighted by atomic mass is 9.60. The predicted molar refractivity (Wildman–Crippen MR) is 111 cm³/mol. The van der Waals surface area contributed by atoms with Gasteiger partial charge >= 0.3 is 0 Å². The largest absolute Gasteiger partial charge is 0.345 e. The third-order valence-electron chi connectivity index (χ3n) is 7.06. The Bertz CT molecular complexity index is 829. The Morgan fingerprint density at radius 1 is 1.14 bits per heavy atom. The third-order valence-corrected chi connectivity index (χ3v) is 10.3. The fourth-order valence-corrected chi connectivity index (χ4v) is 8.32. The Hall–Kier alpha value is -0.960. The molecule has 8 heteroatoms. The zero-order valence-electron chi connectivity index (χ0n) is 17.1. The van der Waals surface area contributed by atoms with E-state index in [9.17, 15) is 13.2 Å². The smallest absolute Gasteiger partial charge is 0.252 e. The van der Waals surface area contributed by atoms with E-state index in [-0.39, 0.29) is 16.7 Å². The molecule has 1 unspecified atom stereocenters. The lowest BCUT2D eigenvalue weighted by molar-refractivity contribution is -0.140. The van der Waals surface area contributed by atoms with Gasteiger partial charge in [-0.3, -0.25) is 4.79 Å². The van der Waals surface area contributed by atoms with Crippen molar-refractivity contribution in [3.8, 4) is 0 Å². The van der Waals surface area contributed by atoms with Crippen LogP contribution < -0.4 is 0 Å². The highest BCUT2D eigenvalue weighted by Gasteiger charge is 2.64. The van der Waals surface area contributed by atoms with E-state index in [0.29, 0.717) is 23.2 Å². The predicted octanol–water partition coefficient (Wildman–Crippen LogP) is 2.34. The van der Waals surface area contributed by atoms with Crippen LogP contribution in [0.2, 0.25) is 0 Å². The van der Waals surface area contributed by atoms with Crippen molar-refractivity contribution >= 4 is 27.3 Å². The van der Waals surface area contributed by atoms with Gasteiger partial charge in [-0.1, -0.05) is 19.9 Å². The summed E-state index contributed by atoms with van der Waals surface area (Å²) in [7, 11) is -1.50. The molecule has 1 atom stereocenters. The van der Waals surface area contributed by atoms with E-state index in [1.165, 1.54) is 11.3 Å². The van der Waals surface area contributed by atoms with Crippen molar-refractivity contribution in [3.05, 3.63) is 17.5 Å². The van der Waals surface area contributed by atoms with Crippen LogP contribution in [-0.2, 0) is 14.8 Å². The molecule has 1 amide bonds. The first-order chi connectivity index (χ1) is 13.2. The van der Waals surface area contributed by atoms with Gasteiger partial charge in [0.1, 0.15) is 4.21 Å². The second-order valence-electron chi connectivity index (χ2n) is 9.24. The van der Waals surface area contributed by atoms with Crippen LogP contribution in [0.5, 0.6) is 0 Å². The molecular weight excluding hydrogens is 394 g/mol. The van der Waals surface area contributed by atoms with Crippen LogP contribution in [0.1, 0.15) is 33.1 Å². The first kappa shape index (κ1) is 20.3. The molecule has 0 aromatic carbocycles. The summed E-state index contributed by atoms with van der Waals surface area (Å²) in [5.41, 5.74) is -0.444. The van der Waals surface area contributed by atoms with Gasteiger partial charge in [0.05, 0.1) is 5.41 Å². The molecule has 156 valence electrons. The maximum Gasteiger partial charge on any atom is 0.252 e. The zero-order chi connectivity index (χ0) is 20.2. The van der Waals surface area contributed by atoms with E-state index >= 15 is 0 Å². The van der Waals surface area contributed by atoms with E-state index in [2.05, 4.69) is 18.7 Å². The molecule has 0 saturated carbocycles. The summed E-state index contributed by atoms with van der Waals surface area (Å²) in [4.78, 5) is 17.6. The highest BCUT2D eigenvalue weighted by Crippen LogP contribution is 2.58. The highest BCUT2D eigenvalue weighted by molar-refractivity contribution is 7.91.